The summed E-state index contributed by atoms with van der Waals surface area (Å²) >= 11 is 5.16. The zero-order valence-electron chi connectivity index (χ0n) is 18.0. The Morgan fingerprint density at radius 1 is 0.636 bits per heavy atom. The lowest BCUT2D eigenvalue weighted by Gasteiger charge is -2.07. The Hall–Kier alpha value is -3.93. The van der Waals surface area contributed by atoms with E-state index < -0.39 is 5.24 Å². The molecule has 0 heterocycles. The summed E-state index contributed by atoms with van der Waals surface area (Å²) in [6, 6.07) is 37.3. The first kappa shape index (κ1) is 25.3. The number of carbonyl (C=O) groups is 2. The Morgan fingerprint density at radius 2 is 1.06 bits per heavy atom. The molecule has 0 saturated heterocycles. The first-order valence-electron chi connectivity index (χ1n) is 10.3. The summed E-state index contributed by atoms with van der Waals surface area (Å²) in [7, 11) is 0. The molecule has 0 saturated carbocycles. The minimum absolute atomic E-state index is 0.149. The van der Waals surface area contributed by atoms with E-state index in [0.29, 0.717) is 17.7 Å². The maximum atomic E-state index is 11.6. The molecule has 168 valence electrons. The molecule has 4 N–H and O–H groups in total. The smallest absolute Gasteiger partial charge is 0.269 e. The molecule has 4 aromatic carbocycles. The zero-order chi connectivity index (χ0) is 23.7. The van der Waals surface area contributed by atoms with Crippen molar-refractivity contribution in [1.29, 1.82) is 0 Å². The average molecular weight is 460 g/mol. The van der Waals surface area contributed by atoms with Crippen LogP contribution in [0, 0.1) is 0 Å². The summed E-state index contributed by atoms with van der Waals surface area (Å²) < 4.78 is 0. The van der Waals surface area contributed by atoms with Crippen molar-refractivity contribution in [1.82, 2.24) is 5.43 Å². The van der Waals surface area contributed by atoms with Gasteiger partial charge in [0.1, 0.15) is 0 Å². The van der Waals surface area contributed by atoms with Crippen LogP contribution in [0.15, 0.2) is 121 Å². The highest BCUT2D eigenvalue weighted by atomic mass is 35.5. The topological polar surface area (TPSA) is 84.2 Å². The highest BCUT2D eigenvalue weighted by molar-refractivity contribution is 6.67. The van der Waals surface area contributed by atoms with Crippen LogP contribution in [0.3, 0.4) is 0 Å². The van der Waals surface area contributed by atoms with Gasteiger partial charge in [-0.2, -0.15) is 0 Å². The van der Waals surface area contributed by atoms with Crippen LogP contribution in [0.25, 0.3) is 0 Å². The van der Waals surface area contributed by atoms with Gasteiger partial charge in [0.2, 0.25) is 0 Å². The van der Waals surface area contributed by atoms with Crippen molar-refractivity contribution in [3.05, 3.63) is 138 Å². The quantitative estimate of drug-likeness (QED) is 0.266. The fraction of sp³-hybridized carbons (Fsp3) is 0.0370. The minimum atomic E-state index is -0.407. The fourth-order valence-corrected chi connectivity index (χ4v) is 2.62. The summed E-state index contributed by atoms with van der Waals surface area (Å²) in [4.78, 5) is 22.1. The van der Waals surface area contributed by atoms with E-state index in [0.717, 1.165) is 5.69 Å². The van der Waals surface area contributed by atoms with Crippen LogP contribution in [0.4, 0.5) is 5.69 Å². The van der Waals surface area contributed by atoms with Gasteiger partial charge in [-0.25, -0.2) is 0 Å². The summed E-state index contributed by atoms with van der Waals surface area (Å²) in [5.74, 6) is -0.149. The van der Waals surface area contributed by atoms with Gasteiger partial charge < -0.3 is 5.73 Å². The lowest BCUT2D eigenvalue weighted by molar-refractivity contribution is 0.0962. The number of benzene rings is 4. The lowest BCUT2D eigenvalue weighted by atomic mass is 10.2. The van der Waals surface area contributed by atoms with Crippen molar-refractivity contribution in [2.45, 2.75) is 6.54 Å². The molecule has 4 aromatic rings. The number of hydrogen-bond acceptors (Lipinski definition) is 4. The lowest BCUT2D eigenvalue weighted by Crippen LogP contribution is -2.29. The van der Waals surface area contributed by atoms with Crippen molar-refractivity contribution in [3.8, 4) is 0 Å². The average Bonchev–Trinajstić information content (AvgIpc) is 2.90. The molecule has 0 atom stereocenters. The van der Waals surface area contributed by atoms with E-state index >= 15 is 0 Å². The number of hydrazine groups is 1. The van der Waals surface area contributed by atoms with Gasteiger partial charge >= 0.3 is 0 Å². The molecule has 4 rings (SSSR count). The van der Waals surface area contributed by atoms with Crippen molar-refractivity contribution in [2.75, 3.05) is 5.43 Å². The number of rotatable bonds is 5. The molecule has 0 bridgehead atoms. The third-order valence-corrected chi connectivity index (χ3v) is 4.43. The van der Waals surface area contributed by atoms with Crippen molar-refractivity contribution in [2.24, 2.45) is 5.73 Å². The van der Waals surface area contributed by atoms with E-state index in [2.05, 4.69) is 10.9 Å². The predicted molar refractivity (Wildman–Crippen MR) is 135 cm³/mol. The second-order valence-electron chi connectivity index (χ2n) is 6.64. The molecule has 0 fully saturated rings. The zero-order valence-corrected chi connectivity index (χ0v) is 18.8. The molecule has 0 aromatic heterocycles. The molecule has 0 aliphatic rings. The molecule has 33 heavy (non-hydrogen) atoms. The third kappa shape index (κ3) is 10.3. The molecule has 0 spiro atoms. The number of carbonyl (C=O) groups excluding carboxylic acids is 2. The molecule has 5 nitrogen and oxygen atoms in total. The van der Waals surface area contributed by atoms with Crippen molar-refractivity contribution >= 4 is 28.4 Å². The second kappa shape index (κ2) is 15.0. The molecule has 0 unspecified atom stereocenters. The molecule has 0 radical (unpaired) electrons. The van der Waals surface area contributed by atoms with Gasteiger partial charge in [0, 0.05) is 17.7 Å². The maximum Gasteiger partial charge on any atom is 0.269 e. The fourth-order valence-electron chi connectivity index (χ4n) is 2.50. The van der Waals surface area contributed by atoms with E-state index in [1.807, 2.05) is 84.9 Å². The van der Waals surface area contributed by atoms with Crippen LogP contribution in [-0.2, 0) is 6.54 Å². The summed E-state index contributed by atoms with van der Waals surface area (Å²) in [5, 5.41) is -0.407. The van der Waals surface area contributed by atoms with Gasteiger partial charge in [-0.3, -0.25) is 20.4 Å². The Balaban J connectivity index is 0.000000192. The van der Waals surface area contributed by atoms with Crippen LogP contribution >= 0.6 is 11.6 Å². The maximum absolute atomic E-state index is 11.6. The predicted octanol–water partition coefficient (Wildman–Crippen LogP) is 5.65. The highest BCUT2D eigenvalue weighted by Crippen LogP contribution is 2.04. The third-order valence-electron chi connectivity index (χ3n) is 4.21. The van der Waals surface area contributed by atoms with Crippen LogP contribution in [0.1, 0.15) is 26.3 Å². The number of halogens is 1. The largest absolute Gasteiger partial charge is 0.326 e. The van der Waals surface area contributed by atoms with Crippen LogP contribution in [-0.4, -0.2) is 11.1 Å². The number of nitrogens with two attached hydrogens (primary N) is 1. The SMILES string of the molecule is NCc1ccccc1.O=C(Cl)c1ccccc1.O=C(NNc1ccccc1)c1ccccc1. The Labute approximate surface area is 199 Å². The van der Waals surface area contributed by atoms with Gasteiger partial charge in [0.15, 0.2) is 0 Å². The van der Waals surface area contributed by atoms with E-state index in [9.17, 15) is 9.59 Å². The Kier molecular flexibility index (Phi) is 11.5. The Morgan fingerprint density at radius 3 is 1.45 bits per heavy atom. The molecular formula is C27H26ClN3O2. The number of amides is 1. The van der Waals surface area contributed by atoms with Gasteiger partial charge in [-0.05, 0) is 41.4 Å². The molecule has 6 heteroatoms. The second-order valence-corrected chi connectivity index (χ2v) is 6.98. The van der Waals surface area contributed by atoms with E-state index in [1.165, 1.54) is 5.56 Å². The van der Waals surface area contributed by atoms with E-state index in [-0.39, 0.29) is 5.91 Å². The summed E-state index contributed by atoms with van der Waals surface area (Å²) in [6.45, 7) is 0.640. The van der Waals surface area contributed by atoms with Crippen LogP contribution in [0.5, 0.6) is 0 Å². The number of hydrogen-bond donors (Lipinski definition) is 3. The van der Waals surface area contributed by atoms with E-state index in [4.69, 9.17) is 17.3 Å². The summed E-state index contributed by atoms with van der Waals surface area (Å²) in [5.41, 5.74) is 14.0. The number of anilines is 1. The van der Waals surface area contributed by atoms with Gasteiger partial charge in [0.05, 0.1) is 5.69 Å². The number of para-hydroxylation sites is 1. The van der Waals surface area contributed by atoms with Gasteiger partial charge in [0.25, 0.3) is 11.1 Å². The number of nitrogens with one attached hydrogen (secondary N) is 2. The van der Waals surface area contributed by atoms with Crippen molar-refractivity contribution < 1.29 is 9.59 Å². The van der Waals surface area contributed by atoms with E-state index in [1.54, 1.807) is 36.4 Å². The molecular weight excluding hydrogens is 434 g/mol. The minimum Gasteiger partial charge on any atom is -0.326 e. The molecule has 0 aliphatic heterocycles. The normalized spacial score (nSPS) is 9.27. The standard InChI is InChI=1S/C13H12N2O.C7H5ClO.C7H9N/c16-13(11-7-3-1-4-8-11)15-14-12-9-5-2-6-10-12;8-7(9)6-4-2-1-3-5-6;8-6-7-4-2-1-3-5-7/h1-10,14H,(H,15,16);1-5H;1-5H,6,8H2. The summed E-state index contributed by atoms with van der Waals surface area (Å²) in [6.07, 6.45) is 0. The van der Waals surface area contributed by atoms with Gasteiger partial charge in [-0.15, -0.1) is 0 Å². The highest BCUT2D eigenvalue weighted by Gasteiger charge is 2.02. The molecule has 0 aliphatic carbocycles. The van der Waals surface area contributed by atoms with Crippen LogP contribution < -0.4 is 16.6 Å². The first-order chi connectivity index (χ1) is 16.1. The molecule has 1 amide bonds. The Bertz CT molecular complexity index is 1080. The first-order valence-corrected chi connectivity index (χ1v) is 10.6. The monoisotopic (exact) mass is 459 g/mol. The van der Waals surface area contributed by atoms with Gasteiger partial charge in [-0.1, -0.05) is 97.1 Å². The van der Waals surface area contributed by atoms with Crippen LogP contribution in [0.2, 0.25) is 0 Å². The van der Waals surface area contributed by atoms with Crippen molar-refractivity contribution in [3.63, 3.8) is 0 Å².